The van der Waals surface area contributed by atoms with Gasteiger partial charge in [0.15, 0.2) is 0 Å². The zero-order valence-corrected chi connectivity index (χ0v) is 24.0. The Kier molecular flexibility index (Phi) is 16.1. The lowest BCUT2D eigenvalue weighted by atomic mass is 10.1. The van der Waals surface area contributed by atoms with Crippen molar-refractivity contribution < 1.29 is 64.5 Å². The van der Waals surface area contributed by atoms with Gasteiger partial charge in [-0.25, -0.2) is 0 Å². The lowest BCUT2D eigenvalue weighted by molar-refractivity contribution is -0.144. The molecule has 0 aliphatic rings. The first kappa shape index (κ1) is 37.5. The van der Waals surface area contributed by atoms with Gasteiger partial charge in [0.05, 0.1) is 37.0 Å². The van der Waals surface area contributed by atoms with Crippen LogP contribution >= 0.6 is 12.2 Å². The summed E-state index contributed by atoms with van der Waals surface area (Å²) in [6, 6.07) is 0.176. The van der Waals surface area contributed by atoms with E-state index >= 15 is 0 Å². The molecule has 0 aliphatic heterocycles. The molecule has 0 radical (unpaired) electrons. The number of carboxylic acids is 6. The number of benzene rings is 1. The zero-order valence-electron chi connectivity index (χ0n) is 23.2. The van der Waals surface area contributed by atoms with Crippen molar-refractivity contribution in [2.24, 2.45) is 4.99 Å². The van der Waals surface area contributed by atoms with Crippen molar-refractivity contribution in [2.75, 3.05) is 39.3 Å². The number of hydrogen-bond acceptors (Lipinski definition) is 13. The first-order valence-electron chi connectivity index (χ1n) is 12.8. The van der Waals surface area contributed by atoms with E-state index in [-0.39, 0.29) is 61.6 Å². The summed E-state index contributed by atoms with van der Waals surface area (Å²) < 4.78 is 0. The molecule has 2 atom stereocenters. The van der Waals surface area contributed by atoms with Crippen molar-refractivity contribution in [1.29, 1.82) is 0 Å². The van der Waals surface area contributed by atoms with Gasteiger partial charge in [0.2, 0.25) is 0 Å². The lowest BCUT2D eigenvalue weighted by Crippen LogP contribution is -2.42. The minimum atomic E-state index is -1.32. The summed E-state index contributed by atoms with van der Waals surface area (Å²) in [7, 11) is 0. The highest BCUT2D eigenvalue weighted by molar-refractivity contribution is 7.78. The van der Waals surface area contributed by atoms with E-state index in [1.807, 2.05) is 0 Å². The van der Waals surface area contributed by atoms with Gasteiger partial charge in [-0.15, -0.1) is 0 Å². The Morgan fingerprint density at radius 1 is 0.705 bits per heavy atom. The number of aromatic hydroxyl groups is 1. The highest BCUT2D eigenvalue weighted by Gasteiger charge is 2.24. The minimum Gasteiger partial charge on any atom is -0.507 e. The zero-order chi connectivity index (χ0) is 33.4. The van der Waals surface area contributed by atoms with Gasteiger partial charge in [0.25, 0.3) is 0 Å². The van der Waals surface area contributed by atoms with Crippen molar-refractivity contribution in [3.8, 4) is 5.75 Å². The van der Waals surface area contributed by atoms with Crippen LogP contribution in [-0.2, 0) is 41.9 Å². The molecule has 1 aromatic rings. The van der Waals surface area contributed by atoms with Gasteiger partial charge in [-0.2, -0.15) is 4.99 Å². The molecule has 0 amide bonds. The summed E-state index contributed by atoms with van der Waals surface area (Å²) in [4.78, 5) is 73.6. The lowest BCUT2D eigenvalue weighted by Gasteiger charge is -2.22. The fourth-order valence-corrected chi connectivity index (χ4v) is 4.14. The first-order chi connectivity index (χ1) is 20.6. The van der Waals surface area contributed by atoms with Crippen molar-refractivity contribution in [1.82, 2.24) is 20.4 Å². The number of aliphatic carboxylic acids is 6. The third-order valence-electron chi connectivity index (χ3n) is 6.00. The van der Waals surface area contributed by atoms with E-state index in [1.165, 1.54) is 12.1 Å². The molecule has 242 valence electrons. The summed E-state index contributed by atoms with van der Waals surface area (Å²) in [5, 5.41) is 73.6. The molecule has 0 heterocycles. The Morgan fingerprint density at radius 3 is 1.32 bits per heavy atom. The van der Waals surface area contributed by atoms with Gasteiger partial charge < -0.3 is 46.4 Å². The van der Waals surface area contributed by atoms with E-state index in [0.717, 1.165) is 9.80 Å². The summed E-state index contributed by atoms with van der Waals surface area (Å²) in [6.07, 6.45) is -0.381. The molecule has 0 saturated heterocycles. The fraction of sp³-hybridized carbons (Fsp3) is 0.480. The number of nitrogens with one attached hydrogen (secondary N) is 2. The van der Waals surface area contributed by atoms with Crippen LogP contribution in [0.1, 0.15) is 24.0 Å². The monoisotopic (exact) mass is 643 g/mol. The molecule has 44 heavy (non-hydrogen) atoms. The topological polar surface area (TPSA) is 287 Å². The number of phenolic OH excluding ortho intramolecular Hbond substituents is 1. The van der Waals surface area contributed by atoms with Gasteiger partial charge in [-0.3, -0.25) is 38.6 Å². The highest BCUT2D eigenvalue weighted by Crippen LogP contribution is 2.29. The van der Waals surface area contributed by atoms with Crippen LogP contribution in [0.2, 0.25) is 0 Å². The number of nitrogens with zero attached hydrogens (tertiary/aromatic N) is 3. The van der Waals surface area contributed by atoms with Crippen LogP contribution in [0.4, 0.5) is 5.69 Å². The van der Waals surface area contributed by atoms with Crippen LogP contribution in [0.5, 0.6) is 5.75 Å². The van der Waals surface area contributed by atoms with E-state index < -0.39 is 74.1 Å². The molecule has 1 rings (SSSR count). The Bertz CT molecular complexity index is 1160. The van der Waals surface area contributed by atoms with E-state index in [9.17, 15) is 44.1 Å². The van der Waals surface area contributed by atoms with E-state index in [2.05, 4.69) is 33.0 Å². The second-order valence-corrected chi connectivity index (χ2v) is 9.62. The second kappa shape index (κ2) is 18.9. The molecule has 9 N–H and O–H groups in total. The van der Waals surface area contributed by atoms with Gasteiger partial charge in [0.1, 0.15) is 17.8 Å². The molecule has 0 aromatic heterocycles. The number of aliphatic imine (C=N–C) groups is 1. The highest BCUT2D eigenvalue weighted by atomic mass is 32.1. The predicted octanol–water partition coefficient (Wildman–Crippen LogP) is -1.07. The maximum Gasteiger partial charge on any atom is 0.320 e. The molecule has 18 nitrogen and oxygen atoms in total. The van der Waals surface area contributed by atoms with Gasteiger partial charge in [-0.1, -0.05) is 0 Å². The fourth-order valence-electron chi connectivity index (χ4n) is 4.04. The number of rotatable bonds is 23. The maximum absolute atomic E-state index is 11.8. The Morgan fingerprint density at radius 2 is 1.05 bits per heavy atom. The number of phenols is 1. The van der Waals surface area contributed by atoms with Gasteiger partial charge in [0, 0.05) is 37.3 Å². The number of thiocarbonyl (C=S) groups is 1. The largest absolute Gasteiger partial charge is 0.507 e. The van der Waals surface area contributed by atoms with Gasteiger partial charge >= 0.3 is 35.8 Å². The normalized spacial score (nSPS) is 12.3. The van der Waals surface area contributed by atoms with Crippen LogP contribution in [-0.4, -0.2) is 138 Å². The molecule has 0 spiro atoms. The molecular formula is C25H33N5O13S. The molecule has 2 unspecified atom stereocenters. The molecule has 0 fully saturated rings. The van der Waals surface area contributed by atoms with Gasteiger partial charge in [-0.05, 0) is 37.2 Å². The van der Waals surface area contributed by atoms with Crippen molar-refractivity contribution in [3.63, 3.8) is 0 Å². The summed E-state index contributed by atoms with van der Waals surface area (Å²) in [5.41, 5.74) is 0.454. The summed E-state index contributed by atoms with van der Waals surface area (Å²) >= 11 is 4.63. The third-order valence-corrected chi connectivity index (χ3v) is 6.10. The number of carbonyl (C=O) groups is 6. The van der Waals surface area contributed by atoms with Crippen LogP contribution in [0, 0.1) is 0 Å². The van der Waals surface area contributed by atoms with Crippen LogP contribution in [0.3, 0.4) is 0 Å². The van der Waals surface area contributed by atoms with E-state index in [4.69, 9.17) is 20.4 Å². The predicted molar refractivity (Wildman–Crippen MR) is 152 cm³/mol. The molecule has 0 bridgehead atoms. The van der Waals surface area contributed by atoms with E-state index in [0.29, 0.717) is 0 Å². The van der Waals surface area contributed by atoms with Crippen molar-refractivity contribution in [3.05, 3.63) is 23.3 Å². The molecule has 0 aliphatic carbocycles. The van der Waals surface area contributed by atoms with Crippen LogP contribution < -0.4 is 10.6 Å². The van der Waals surface area contributed by atoms with Crippen molar-refractivity contribution >= 4 is 58.9 Å². The standard InChI is InChI=1S/C25H33N5O13S/c31-19(32)9-29(10-20(33)34)3-1-17(24(40)41)26-7-14-5-16(28-13-44)6-15(23(14)39)8-27-18(25(42)43)2-4-30(11-21(35)36)12-22(37)38/h5-6,17-18,26-27,39H,1-4,7-12H2,(H,31,32)(H,33,34)(H,35,36)(H,37,38)(H,40,41)(H,42,43). The quantitative estimate of drug-likeness (QED) is 0.0507. The Hall–Kier alpha value is -4.52. The SMILES string of the molecule is O=C(O)CN(CCC(NCc1cc(N=C=S)cc(CNC(CCN(CC(=O)O)CC(=O)O)C(=O)O)c1O)C(=O)O)CC(=O)O. The third kappa shape index (κ3) is 14.6. The minimum absolute atomic E-state index is 0.133. The number of isothiocyanates is 1. The summed E-state index contributed by atoms with van der Waals surface area (Å²) in [5.74, 6) is -8.18. The smallest absolute Gasteiger partial charge is 0.320 e. The average molecular weight is 644 g/mol. The van der Waals surface area contributed by atoms with E-state index in [1.54, 1.807) is 0 Å². The molecular weight excluding hydrogens is 610 g/mol. The van der Waals surface area contributed by atoms with Crippen LogP contribution in [0.25, 0.3) is 0 Å². The maximum atomic E-state index is 11.8. The molecule has 1 aromatic carbocycles. The Labute approximate surface area is 255 Å². The number of hydrogen-bond donors (Lipinski definition) is 9. The molecule has 19 heteroatoms. The molecule has 0 saturated carbocycles. The average Bonchev–Trinajstić information content (AvgIpc) is 2.88. The summed E-state index contributed by atoms with van der Waals surface area (Å²) in [6.45, 7) is -3.38. The first-order valence-corrected chi connectivity index (χ1v) is 13.2. The van der Waals surface area contributed by atoms with Crippen LogP contribution in [0.15, 0.2) is 17.1 Å². The number of carboxylic acid groups (broad SMARTS) is 6. The Balaban J connectivity index is 3.07. The second-order valence-electron chi connectivity index (χ2n) is 9.43. The van der Waals surface area contributed by atoms with Crippen molar-refractivity contribution in [2.45, 2.75) is 38.0 Å².